The average molecular weight is 451 g/mol. The van der Waals surface area contributed by atoms with E-state index in [9.17, 15) is 13.2 Å². The van der Waals surface area contributed by atoms with Crippen molar-refractivity contribution in [3.8, 4) is 17.2 Å². The van der Waals surface area contributed by atoms with Crippen LogP contribution < -0.4 is 19.6 Å². The molecule has 0 unspecified atom stereocenters. The SMILES string of the molecule is CCN(CC)S(=O)(=O)c1ccc(N/N=C\c2cc(OC)c(OC(C)=O)c(OC)c2)nc1. The number of rotatable bonds is 10. The molecule has 0 aliphatic carbocycles. The van der Waals surface area contributed by atoms with Crippen LogP contribution in [0.3, 0.4) is 0 Å². The molecule has 0 saturated heterocycles. The largest absolute Gasteiger partial charge is 0.493 e. The molecule has 0 bridgehead atoms. The standard InChI is InChI=1S/C20H26N4O6S/c1-6-24(7-2)31(26,27)16-8-9-19(21-13-16)23-22-12-15-10-17(28-4)20(30-14(3)25)18(11-15)29-5/h8-13H,6-7H2,1-5H3,(H,21,23)/b22-12-. The molecular formula is C20H26N4O6S. The molecule has 1 aromatic carbocycles. The molecule has 0 fully saturated rings. The van der Waals surface area contributed by atoms with Crippen LogP contribution >= 0.6 is 0 Å². The zero-order valence-corrected chi connectivity index (χ0v) is 18.9. The number of benzene rings is 1. The third-order valence-corrected chi connectivity index (χ3v) is 6.23. The van der Waals surface area contributed by atoms with Gasteiger partial charge >= 0.3 is 5.97 Å². The monoisotopic (exact) mass is 450 g/mol. The zero-order valence-electron chi connectivity index (χ0n) is 18.1. The molecule has 2 aromatic rings. The van der Waals surface area contributed by atoms with E-state index in [1.807, 2.05) is 0 Å². The minimum absolute atomic E-state index is 0.112. The third kappa shape index (κ3) is 5.92. The van der Waals surface area contributed by atoms with Gasteiger partial charge in [-0.05, 0) is 24.3 Å². The average Bonchev–Trinajstić information content (AvgIpc) is 2.75. The topological polar surface area (TPSA) is 119 Å². The van der Waals surface area contributed by atoms with Crippen molar-refractivity contribution < 1.29 is 27.4 Å². The van der Waals surface area contributed by atoms with Crippen LogP contribution in [0, 0.1) is 0 Å². The third-order valence-electron chi connectivity index (χ3n) is 4.20. The summed E-state index contributed by atoms with van der Waals surface area (Å²) in [6, 6.07) is 6.25. The number of hydrazone groups is 1. The molecule has 1 aromatic heterocycles. The van der Waals surface area contributed by atoms with Crippen molar-refractivity contribution in [1.82, 2.24) is 9.29 Å². The normalized spacial score (nSPS) is 11.5. The molecule has 0 radical (unpaired) electrons. The van der Waals surface area contributed by atoms with Gasteiger partial charge in [0.1, 0.15) is 10.7 Å². The van der Waals surface area contributed by atoms with Crippen LogP contribution in [0.15, 0.2) is 40.5 Å². The molecule has 1 N–H and O–H groups in total. The zero-order chi connectivity index (χ0) is 23.0. The Bertz CT molecular complexity index is 1010. The van der Waals surface area contributed by atoms with Gasteiger partial charge in [-0.3, -0.25) is 10.2 Å². The van der Waals surface area contributed by atoms with Gasteiger partial charge in [-0.2, -0.15) is 9.41 Å². The number of nitrogens with one attached hydrogen (secondary N) is 1. The number of methoxy groups -OCH3 is 2. The molecule has 0 aliphatic rings. The fraction of sp³-hybridized carbons (Fsp3) is 0.350. The summed E-state index contributed by atoms with van der Waals surface area (Å²) in [5, 5.41) is 4.10. The minimum Gasteiger partial charge on any atom is -0.493 e. The first kappa shape index (κ1) is 24.1. The van der Waals surface area contributed by atoms with Crippen LogP contribution in [0.25, 0.3) is 0 Å². The predicted octanol–water partition coefficient (Wildman–Crippen LogP) is 2.50. The summed E-state index contributed by atoms with van der Waals surface area (Å²) in [6.07, 6.45) is 2.77. The van der Waals surface area contributed by atoms with Gasteiger partial charge in [0, 0.05) is 31.8 Å². The van der Waals surface area contributed by atoms with E-state index in [0.717, 1.165) is 0 Å². The van der Waals surface area contributed by atoms with Gasteiger partial charge in [0.15, 0.2) is 11.5 Å². The molecule has 11 heteroatoms. The summed E-state index contributed by atoms with van der Waals surface area (Å²) in [6.45, 7) is 5.60. The lowest BCUT2D eigenvalue weighted by Crippen LogP contribution is -2.30. The molecule has 2 rings (SSSR count). The molecule has 1 heterocycles. The van der Waals surface area contributed by atoms with Gasteiger partial charge in [-0.1, -0.05) is 13.8 Å². The van der Waals surface area contributed by atoms with Crippen LogP contribution in [0.5, 0.6) is 17.2 Å². The number of carbonyl (C=O) groups is 1. The number of anilines is 1. The van der Waals surface area contributed by atoms with Crippen molar-refractivity contribution in [2.75, 3.05) is 32.7 Å². The quantitative estimate of drug-likeness (QED) is 0.254. The summed E-state index contributed by atoms with van der Waals surface area (Å²) in [5.74, 6) is 0.650. The van der Waals surface area contributed by atoms with E-state index in [0.29, 0.717) is 36.0 Å². The number of carbonyl (C=O) groups excluding carboxylic acids is 1. The van der Waals surface area contributed by atoms with Gasteiger partial charge in [-0.15, -0.1) is 0 Å². The number of hydrogen-bond acceptors (Lipinski definition) is 9. The molecule has 0 amide bonds. The second-order valence-corrected chi connectivity index (χ2v) is 8.12. The van der Waals surface area contributed by atoms with E-state index >= 15 is 0 Å². The summed E-state index contributed by atoms with van der Waals surface area (Å²) in [4.78, 5) is 15.5. The first-order valence-electron chi connectivity index (χ1n) is 9.46. The van der Waals surface area contributed by atoms with Crippen molar-refractivity contribution in [2.45, 2.75) is 25.7 Å². The Kier molecular flexibility index (Phi) is 8.34. The number of hydrogen-bond donors (Lipinski definition) is 1. The fourth-order valence-electron chi connectivity index (χ4n) is 2.70. The van der Waals surface area contributed by atoms with Crippen LogP contribution in [-0.4, -0.2) is 57.2 Å². The molecular weight excluding hydrogens is 424 g/mol. The molecule has 10 nitrogen and oxygen atoms in total. The van der Waals surface area contributed by atoms with E-state index in [4.69, 9.17) is 14.2 Å². The number of pyridine rings is 1. The maximum Gasteiger partial charge on any atom is 0.308 e. The summed E-state index contributed by atoms with van der Waals surface area (Å²) < 4.78 is 42.0. The highest BCUT2D eigenvalue weighted by molar-refractivity contribution is 7.89. The lowest BCUT2D eigenvalue weighted by atomic mass is 10.2. The van der Waals surface area contributed by atoms with E-state index in [1.165, 1.54) is 50.0 Å². The number of nitrogens with zero attached hydrogens (tertiary/aromatic N) is 3. The summed E-state index contributed by atoms with van der Waals surface area (Å²) in [5.41, 5.74) is 3.34. The minimum atomic E-state index is -3.57. The second kappa shape index (κ2) is 10.7. The predicted molar refractivity (Wildman–Crippen MR) is 116 cm³/mol. The van der Waals surface area contributed by atoms with E-state index in [2.05, 4.69) is 15.5 Å². The van der Waals surface area contributed by atoms with Crippen LogP contribution in [0.1, 0.15) is 26.3 Å². The number of aromatic nitrogens is 1. The Morgan fingerprint density at radius 1 is 1.16 bits per heavy atom. The Morgan fingerprint density at radius 3 is 2.23 bits per heavy atom. The number of esters is 1. The molecule has 31 heavy (non-hydrogen) atoms. The summed E-state index contributed by atoms with van der Waals surface area (Å²) >= 11 is 0. The Labute approximate surface area is 181 Å². The second-order valence-electron chi connectivity index (χ2n) is 6.19. The first-order valence-corrected chi connectivity index (χ1v) is 10.9. The highest BCUT2D eigenvalue weighted by Crippen LogP contribution is 2.38. The number of ether oxygens (including phenoxy) is 3. The smallest absolute Gasteiger partial charge is 0.308 e. The van der Waals surface area contributed by atoms with Gasteiger partial charge < -0.3 is 14.2 Å². The van der Waals surface area contributed by atoms with Gasteiger partial charge in [0.05, 0.1) is 20.4 Å². The van der Waals surface area contributed by atoms with E-state index < -0.39 is 16.0 Å². The maximum absolute atomic E-state index is 12.5. The van der Waals surface area contributed by atoms with Crippen LogP contribution in [0.2, 0.25) is 0 Å². The van der Waals surface area contributed by atoms with Gasteiger partial charge in [0.2, 0.25) is 15.8 Å². The van der Waals surface area contributed by atoms with Crippen LogP contribution in [0.4, 0.5) is 5.82 Å². The number of sulfonamides is 1. The fourth-order valence-corrected chi connectivity index (χ4v) is 4.11. The van der Waals surface area contributed by atoms with E-state index in [1.54, 1.807) is 26.0 Å². The lowest BCUT2D eigenvalue weighted by molar-refractivity contribution is -0.132. The highest BCUT2D eigenvalue weighted by Gasteiger charge is 2.21. The summed E-state index contributed by atoms with van der Waals surface area (Å²) in [7, 11) is -0.682. The first-order chi connectivity index (χ1) is 14.8. The van der Waals surface area contributed by atoms with Crippen molar-refractivity contribution in [3.05, 3.63) is 36.0 Å². The van der Waals surface area contributed by atoms with Gasteiger partial charge in [0.25, 0.3) is 0 Å². The molecule has 168 valence electrons. The highest BCUT2D eigenvalue weighted by atomic mass is 32.2. The van der Waals surface area contributed by atoms with Crippen molar-refractivity contribution in [1.29, 1.82) is 0 Å². The molecule has 0 spiro atoms. The maximum atomic E-state index is 12.5. The van der Waals surface area contributed by atoms with Crippen molar-refractivity contribution >= 4 is 28.0 Å². The van der Waals surface area contributed by atoms with Crippen molar-refractivity contribution in [3.63, 3.8) is 0 Å². The van der Waals surface area contributed by atoms with Gasteiger partial charge in [-0.25, -0.2) is 13.4 Å². The molecule has 0 aliphatic heterocycles. The molecule has 0 saturated carbocycles. The Hall–Kier alpha value is -3.18. The Morgan fingerprint density at radius 2 is 1.77 bits per heavy atom. The molecule has 0 atom stereocenters. The lowest BCUT2D eigenvalue weighted by Gasteiger charge is -2.18. The van der Waals surface area contributed by atoms with Crippen LogP contribution in [-0.2, 0) is 14.8 Å². The Balaban J connectivity index is 2.18. The van der Waals surface area contributed by atoms with Crippen molar-refractivity contribution in [2.24, 2.45) is 5.10 Å². The van der Waals surface area contributed by atoms with E-state index in [-0.39, 0.29) is 10.6 Å².